The lowest BCUT2D eigenvalue weighted by Crippen LogP contribution is -1.93. The van der Waals surface area contributed by atoms with Gasteiger partial charge in [-0.1, -0.05) is 15.9 Å². The Balaban J connectivity index is 1.80. The largest absolute Gasteiger partial charge is 0.438 e. The molecule has 0 unspecified atom stereocenters. The van der Waals surface area contributed by atoms with Crippen LogP contribution in [0.4, 0.5) is 0 Å². The van der Waals surface area contributed by atoms with E-state index in [1.807, 2.05) is 6.07 Å². The van der Waals surface area contributed by atoms with Crippen molar-refractivity contribution in [2.24, 2.45) is 0 Å². The van der Waals surface area contributed by atoms with Gasteiger partial charge in [0, 0.05) is 14.9 Å². The van der Waals surface area contributed by atoms with Crippen molar-refractivity contribution in [1.82, 2.24) is 9.97 Å². The molecule has 1 aromatic carbocycles. The Kier molecular flexibility index (Phi) is 3.43. The van der Waals surface area contributed by atoms with Gasteiger partial charge >= 0.3 is 0 Å². The van der Waals surface area contributed by atoms with E-state index in [2.05, 4.69) is 25.9 Å². The molecule has 4 rings (SSSR count). The molecule has 0 saturated carbocycles. The minimum Gasteiger partial charge on any atom is -0.438 e. The molecule has 0 radical (unpaired) electrons. The number of aldehydes is 1. The van der Waals surface area contributed by atoms with E-state index in [1.165, 1.54) is 23.2 Å². The van der Waals surface area contributed by atoms with Gasteiger partial charge in [-0.05, 0) is 43.0 Å². The molecule has 6 heteroatoms. The number of thiophene rings is 1. The fraction of sp³-hybridized carbons (Fsp3) is 0.188. The molecule has 3 aromatic rings. The Morgan fingerprint density at radius 2 is 2.18 bits per heavy atom. The van der Waals surface area contributed by atoms with Gasteiger partial charge in [-0.25, -0.2) is 9.97 Å². The Hall–Kier alpha value is -1.79. The summed E-state index contributed by atoms with van der Waals surface area (Å²) in [6, 6.07) is 5.32. The Labute approximate surface area is 139 Å². The van der Waals surface area contributed by atoms with Crippen LogP contribution in [-0.4, -0.2) is 16.3 Å². The summed E-state index contributed by atoms with van der Waals surface area (Å²) in [5.74, 6) is 1.17. The number of nitrogens with zero attached hydrogens (tertiary/aromatic N) is 2. The van der Waals surface area contributed by atoms with Crippen molar-refractivity contribution in [2.75, 3.05) is 0 Å². The number of benzene rings is 1. The van der Waals surface area contributed by atoms with Gasteiger partial charge in [-0.3, -0.25) is 4.79 Å². The second-order valence-corrected chi connectivity index (χ2v) is 7.06. The number of hydrogen-bond acceptors (Lipinski definition) is 5. The standard InChI is InChI=1S/C16H11BrN2O2S/c17-12-5-4-10(6-9(12)7-20)21-15-14-11-2-1-3-13(11)22-16(14)19-8-18-15/h4-8H,1-3H2. The third-order valence-corrected chi connectivity index (χ3v) is 5.70. The maximum Gasteiger partial charge on any atom is 0.231 e. The monoisotopic (exact) mass is 374 g/mol. The number of fused-ring (bicyclic) bond motifs is 3. The van der Waals surface area contributed by atoms with E-state index >= 15 is 0 Å². The summed E-state index contributed by atoms with van der Waals surface area (Å²) in [4.78, 5) is 22.1. The summed E-state index contributed by atoms with van der Waals surface area (Å²) in [5, 5.41) is 1.02. The molecule has 2 heterocycles. The van der Waals surface area contributed by atoms with Crippen molar-refractivity contribution in [3.05, 3.63) is 45.0 Å². The molecule has 1 aliphatic rings. The summed E-state index contributed by atoms with van der Waals surface area (Å²) >= 11 is 5.07. The number of ether oxygens (including phenoxy) is 1. The molecule has 4 nitrogen and oxygen atoms in total. The van der Waals surface area contributed by atoms with Gasteiger partial charge in [0.25, 0.3) is 0 Å². The highest BCUT2D eigenvalue weighted by atomic mass is 79.9. The topological polar surface area (TPSA) is 52.1 Å². The van der Waals surface area contributed by atoms with Gasteiger partial charge in [-0.15, -0.1) is 11.3 Å². The molecule has 0 saturated heterocycles. The first-order valence-electron chi connectivity index (χ1n) is 6.94. The fourth-order valence-corrected chi connectivity index (χ4v) is 4.32. The van der Waals surface area contributed by atoms with Gasteiger partial charge in [0.1, 0.15) is 16.9 Å². The quantitative estimate of drug-likeness (QED) is 0.631. The lowest BCUT2D eigenvalue weighted by atomic mass is 10.2. The van der Waals surface area contributed by atoms with Crippen LogP contribution in [0, 0.1) is 0 Å². The van der Waals surface area contributed by atoms with Gasteiger partial charge in [0.05, 0.1) is 5.39 Å². The minimum absolute atomic E-state index is 0.554. The molecule has 0 fully saturated rings. The summed E-state index contributed by atoms with van der Waals surface area (Å²) in [6.07, 6.45) is 5.68. The number of hydrogen-bond donors (Lipinski definition) is 0. The third kappa shape index (κ3) is 2.23. The zero-order valence-corrected chi connectivity index (χ0v) is 13.9. The van der Waals surface area contributed by atoms with E-state index in [0.29, 0.717) is 17.2 Å². The lowest BCUT2D eigenvalue weighted by Gasteiger charge is -2.07. The first-order valence-corrected chi connectivity index (χ1v) is 8.55. The number of aryl methyl sites for hydroxylation is 2. The Morgan fingerprint density at radius 1 is 1.27 bits per heavy atom. The molecule has 0 bridgehead atoms. The molecule has 0 aliphatic heterocycles. The SMILES string of the molecule is O=Cc1cc(Oc2ncnc3sc4c(c23)CCC4)ccc1Br. The first kappa shape index (κ1) is 13.8. The number of rotatable bonds is 3. The maximum atomic E-state index is 11.0. The average Bonchev–Trinajstić information content (AvgIpc) is 3.10. The summed E-state index contributed by atoms with van der Waals surface area (Å²) in [5.41, 5.74) is 1.88. The van der Waals surface area contributed by atoms with Crippen LogP contribution in [-0.2, 0) is 12.8 Å². The molecular weight excluding hydrogens is 364 g/mol. The van der Waals surface area contributed by atoms with E-state index in [0.717, 1.165) is 33.8 Å². The molecule has 0 amide bonds. The van der Waals surface area contributed by atoms with Crippen molar-refractivity contribution in [3.8, 4) is 11.6 Å². The highest BCUT2D eigenvalue weighted by molar-refractivity contribution is 9.10. The van der Waals surface area contributed by atoms with Gasteiger partial charge in [0.15, 0.2) is 6.29 Å². The molecule has 0 N–H and O–H groups in total. The summed E-state index contributed by atoms with van der Waals surface area (Å²) in [6.45, 7) is 0. The van der Waals surface area contributed by atoms with Crippen LogP contribution in [0.15, 0.2) is 29.0 Å². The van der Waals surface area contributed by atoms with Crippen molar-refractivity contribution < 1.29 is 9.53 Å². The summed E-state index contributed by atoms with van der Waals surface area (Å²) < 4.78 is 6.70. The Morgan fingerprint density at radius 3 is 3.05 bits per heavy atom. The predicted molar refractivity (Wildman–Crippen MR) is 89.0 cm³/mol. The van der Waals surface area contributed by atoms with Crippen LogP contribution >= 0.6 is 27.3 Å². The Bertz CT molecular complexity index is 891. The molecule has 2 aromatic heterocycles. The van der Waals surface area contributed by atoms with Gasteiger partial charge < -0.3 is 4.74 Å². The van der Waals surface area contributed by atoms with E-state index in [-0.39, 0.29) is 0 Å². The zero-order chi connectivity index (χ0) is 15.1. The number of carbonyl (C=O) groups is 1. The highest BCUT2D eigenvalue weighted by Gasteiger charge is 2.22. The van der Waals surface area contributed by atoms with Crippen molar-refractivity contribution in [3.63, 3.8) is 0 Å². The van der Waals surface area contributed by atoms with Gasteiger partial charge in [-0.2, -0.15) is 0 Å². The van der Waals surface area contributed by atoms with E-state index in [9.17, 15) is 4.79 Å². The average molecular weight is 375 g/mol. The second-order valence-electron chi connectivity index (χ2n) is 5.12. The smallest absolute Gasteiger partial charge is 0.231 e. The molecule has 0 spiro atoms. The fourth-order valence-electron chi connectivity index (χ4n) is 2.76. The van der Waals surface area contributed by atoms with Crippen LogP contribution in [0.1, 0.15) is 27.2 Å². The number of aromatic nitrogens is 2. The lowest BCUT2D eigenvalue weighted by molar-refractivity contribution is 0.112. The van der Waals surface area contributed by atoms with E-state index in [4.69, 9.17) is 4.74 Å². The number of halogens is 1. The van der Waals surface area contributed by atoms with Crippen molar-refractivity contribution >= 4 is 43.8 Å². The van der Waals surface area contributed by atoms with Crippen LogP contribution < -0.4 is 4.74 Å². The van der Waals surface area contributed by atoms with Crippen LogP contribution in [0.3, 0.4) is 0 Å². The zero-order valence-electron chi connectivity index (χ0n) is 11.5. The first-order chi connectivity index (χ1) is 10.8. The predicted octanol–water partition coefficient (Wildman–Crippen LogP) is 4.55. The van der Waals surface area contributed by atoms with E-state index < -0.39 is 0 Å². The van der Waals surface area contributed by atoms with Crippen LogP contribution in [0.2, 0.25) is 0 Å². The molecule has 0 atom stereocenters. The number of carbonyl (C=O) groups excluding carboxylic acids is 1. The van der Waals surface area contributed by atoms with Crippen LogP contribution in [0.25, 0.3) is 10.2 Å². The summed E-state index contributed by atoms with van der Waals surface area (Å²) in [7, 11) is 0. The van der Waals surface area contributed by atoms with Crippen molar-refractivity contribution in [2.45, 2.75) is 19.3 Å². The second kappa shape index (κ2) is 5.44. The highest BCUT2D eigenvalue weighted by Crippen LogP contribution is 2.41. The molecular formula is C16H11BrN2O2S. The van der Waals surface area contributed by atoms with Gasteiger partial charge in [0.2, 0.25) is 5.88 Å². The van der Waals surface area contributed by atoms with Crippen LogP contribution in [0.5, 0.6) is 11.6 Å². The third-order valence-electron chi connectivity index (χ3n) is 3.78. The van der Waals surface area contributed by atoms with Crippen molar-refractivity contribution in [1.29, 1.82) is 0 Å². The van der Waals surface area contributed by atoms with E-state index in [1.54, 1.807) is 23.5 Å². The normalized spacial score (nSPS) is 13.3. The molecule has 22 heavy (non-hydrogen) atoms. The molecule has 110 valence electrons. The minimum atomic E-state index is 0.554. The maximum absolute atomic E-state index is 11.0. The molecule has 1 aliphatic carbocycles.